The van der Waals surface area contributed by atoms with Crippen LogP contribution in [0.3, 0.4) is 0 Å². The topological polar surface area (TPSA) is 67.4 Å². The van der Waals surface area contributed by atoms with Gasteiger partial charge in [0.15, 0.2) is 6.61 Å². The Hall–Kier alpha value is -2.82. The summed E-state index contributed by atoms with van der Waals surface area (Å²) in [7, 11) is 0. The fraction of sp³-hybridized carbons (Fsp3) is 0.440. The Bertz CT molecular complexity index is 870. The highest BCUT2D eigenvalue weighted by molar-refractivity contribution is 5.94. The van der Waals surface area contributed by atoms with Gasteiger partial charge in [0.1, 0.15) is 5.75 Å². The molecule has 1 aliphatic rings. The van der Waals surface area contributed by atoms with Crippen LogP contribution in [0.2, 0.25) is 0 Å². The average molecular weight is 409 g/mol. The van der Waals surface area contributed by atoms with E-state index in [1.54, 1.807) is 12.1 Å². The highest BCUT2D eigenvalue weighted by atomic mass is 16.5. The molecule has 1 fully saturated rings. The third-order valence-corrected chi connectivity index (χ3v) is 5.37. The van der Waals surface area contributed by atoms with Gasteiger partial charge in [-0.3, -0.25) is 9.59 Å². The second kappa shape index (κ2) is 9.79. The molecule has 3 rings (SSSR count). The van der Waals surface area contributed by atoms with E-state index in [0.717, 1.165) is 18.4 Å². The number of hydrogen-bond donors (Lipinski definition) is 2. The predicted octanol–water partition coefficient (Wildman–Crippen LogP) is 5.05. The number of nitrogens with one attached hydrogen (secondary N) is 2. The summed E-state index contributed by atoms with van der Waals surface area (Å²) in [6.07, 6.45) is 1.92. The van der Waals surface area contributed by atoms with E-state index >= 15 is 0 Å². The molecule has 0 radical (unpaired) electrons. The second-order valence-corrected chi connectivity index (χ2v) is 8.69. The Balaban J connectivity index is 1.56. The zero-order valence-electron chi connectivity index (χ0n) is 18.3. The summed E-state index contributed by atoms with van der Waals surface area (Å²) in [6, 6.07) is 15.5. The number of hydrogen-bond acceptors (Lipinski definition) is 3. The van der Waals surface area contributed by atoms with Gasteiger partial charge < -0.3 is 15.4 Å². The summed E-state index contributed by atoms with van der Waals surface area (Å²) in [5, 5.41) is 5.98. The molecule has 0 bridgehead atoms. The Kier molecular flexibility index (Phi) is 7.14. The maximum atomic E-state index is 12.5. The molecular formula is C25H32N2O3. The Morgan fingerprint density at radius 1 is 1.00 bits per heavy atom. The lowest BCUT2D eigenvalue weighted by Crippen LogP contribution is -2.35. The van der Waals surface area contributed by atoms with E-state index in [2.05, 4.69) is 62.6 Å². The molecule has 2 N–H and O–H groups in total. The maximum absolute atomic E-state index is 12.5. The van der Waals surface area contributed by atoms with Crippen molar-refractivity contribution in [1.82, 2.24) is 5.32 Å². The molecule has 2 amide bonds. The van der Waals surface area contributed by atoms with Crippen LogP contribution in [-0.4, -0.2) is 18.4 Å². The monoisotopic (exact) mass is 408 g/mol. The Morgan fingerprint density at radius 3 is 2.27 bits per heavy atom. The van der Waals surface area contributed by atoms with Crippen LogP contribution in [-0.2, 0) is 9.59 Å². The van der Waals surface area contributed by atoms with Crippen LogP contribution < -0.4 is 15.4 Å². The minimum absolute atomic E-state index is 0.0492. The standard InChI is InChI=1S/C25H32N2O3/c1-16(2)18-8-10-19(11-9-18)24(17(3)4)27-23(28)15-30-22-7-5-6-21(14-22)26-25(29)20-12-13-20/h5-11,14,16-17,20,24H,12-13,15H2,1-4H3,(H,26,29)(H,27,28). The molecular weight excluding hydrogens is 376 g/mol. The molecule has 1 unspecified atom stereocenters. The van der Waals surface area contributed by atoms with Crippen molar-refractivity contribution in [1.29, 1.82) is 0 Å². The molecule has 1 saturated carbocycles. The molecule has 0 aliphatic heterocycles. The first-order valence-electron chi connectivity index (χ1n) is 10.8. The summed E-state index contributed by atoms with van der Waals surface area (Å²) in [4.78, 5) is 24.4. The summed E-state index contributed by atoms with van der Waals surface area (Å²) < 4.78 is 5.67. The van der Waals surface area contributed by atoms with E-state index < -0.39 is 0 Å². The van der Waals surface area contributed by atoms with E-state index in [-0.39, 0.29) is 36.3 Å². The summed E-state index contributed by atoms with van der Waals surface area (Å²) >= 11 is 0. The number of amides is 2. The van der Waals surface area contributed by atoms with Gasteiger partial charge in [-0.05, 0) is 47.9 Å². The third kappa shape index (κ3) is 6.09. The van der Waals surface area contributed by atoms with E-state index in [4.69, 9.17) is 4.74 Å². The third-order valence-electron chi connectivity index (χ3n) is 5.37. The molecule has 30 heavy (non-hydrogen) atoms. The molecule has 2 aromatic carbocycles. The van der Waals surface area contributed by atoms with Crippen molar-refractivity contribution in [3.05, 3.63) is 59.7 Å². The molecule has 0 spiro atoms. The zero-order chi connectivity index (χ0) is 21.7. The van der Waals surface area contributed by atoms with Crippen LogP contribution in [0.5, 0.6) is 5.75 Å². The molecule has 1 aliphatic carbocycles. The number of ether oxygens (including phenoxy) is 1. The van der Waals surface area contributed by atoms with Crippen LogP contribution in [0, 0.1) is 11.8 Å². The van der Waals surface area contributed by atoms with E-state index in [1.807, 2.05) is 12.1 Å². The predicted molar refractivity (Wildman–Crippen MR) is 120 cm³/mol. The number of benzene rings is 2. The number of carbonyl (C=O) groups is 2. The first kappa shape index (κ1) is 21.9. The Morgan fingerprint density at radius 2 is 1.67 bits per heavy atom. The van der Waals surface area contributed by atoms with Gasteiger partial charge in [0, 0.05) is 17.7 Å². The van der Waals surface area contributed by atoms with Crippen molar-refractivity contribution < 1.29 is 14.3 Å². The molecule has 160 valence electrons. The lowest BCUT2D eigenvalue weighted by Gasteiger charge is -2.23. The number of rotatable bonds is 9. The summed E-state index contributed by atoms with van der Waals surface area (Å²) in [5.74, 6) is 1.30. The van der Waals surface area contributed by atoms with Crippen LogP contribution >= 0.6 is 0 Å². The highest BCUT2D eigenvalue weighted by Crippen LogP contribution is 2.30. The molecule has 0 saturated heterocycles. The Labute approximate surface area is 179 Å². The summed E-state index contributed by atoms with van der Waals surface area (Å²) in [5.41, 5.74) is 3.06. The fourth-order valence-corrected chi connectivity index (χ4v) is 3.34. The van der Waals surface area contributed by atoms with Gasteiger partial charge in [-0.1, -0.05) is 58.0 Å². The first-order valence-corrected chi connectivity index (χ1v) is 10.8. The molecule has 1 atom stereocenters. The van der Waals surface area contributed by atoms with Crippen LogP contribution in [0.4, 0.5) is 5.69 Å². The van der Waals surface area contributed by atoms with Crippen LogP contribution in [0.25, 0.3) is 0 Å². The van der Waals surface area contributed by atoms with Crippen molar-refractivity contribution in [2.75, 3.05) is 11.9 Å². The van der Waals surface area contributed by atoms with E-state index in [1.165, 1.54) is 5.56 Å². The van der Waals surface area contributed by atoms with Crippen molar-refractivity contribution in [3.8, 4) is 5.75 Å². The molecule has 2 aromatic rings. The quantitative estimate of drug-likeness (QED) is 0.610. The van der Waals surface area contributed by atoms with E-state index in [0.29, 0.717) is 17.4 Å². The second-order valence-electron chi connectivity index (χ2n) is 8.69. The van der Waals surface area contributed by atoms with Gasteiger partial charge in [-0.25, -0.2) is 0 Å². The smallest absolute Gasteiger partial charge is 0.258 e. The fourth-order valence-electron chi connectivity index (χ4n) is 3.34. The van der Waals surface area contributed by atoms with Gasteiger partial charge in [0.05, 0.1) is 6.04 Å². The van der Waals surface area contributed by atoms with Crippen LogP contribution in [0.1, 0.15) is 63.6 Å². The first-order chi connectivity index (χ1) is 14.3. The van der Waals surface area contributed by atoms with Gasteiger partial charge in [0.25, 0.3) is 5.91 Å². The van der Waals surface area contributed by atoms with Crippen molar-refractivity contribution in [2.24, 2.45) is 11.8 Å². The van der Waals surface area contributed by atoms with Crippen molar-refractivity contribution >= 4 is 17.5 Å². The minimum atomic E-state index is -0.172. The van der Waals surface area contributed by atoms with Gasteiger partial charge >= 0.3 is 0 Å². The normalized spacial score (nSPS) is 14.5. The highest BCUT2D eigenvalue weighted by Gasteiger charge is 2.29. The summed E-state index contributed by atoms with van der Waals surface area (Å²) in [6.45, 7) is 8.44. The molecule has 0 aromatic heterocycles. The number of carbonyl (C=O) groups excluding carboxylic acids is 2. The largest absolute Gasteiger partial charge is 0.484 e. The molecule has 0 heterocycles. The zero-order valence-corrected chi connectivity index (χ0v) is 18.3. The van der Waals surface area contributed by atoms with Gasteiger partial charge in [-0.15, -0.1) is 0 Å². The lowest BCUT2D eigenvalue weighted by molar-refractivity contribution is -0.124. The van der Waals surface area contributed by atoms with Crippen molar-refractivity contribution in [3.63, 3.8) is 0 Å². The number of anilines is 1. The van der Waals surface area contributed by atoms with Crippen molar-refractivity contribution in [2.45, 2.75) is 52.5 Å². The van der Waals surface area contributed by atoms with E-state index in [9.17, 15) is 9.59 Å². The van der Waals surface area contributed by atoms with Gasteiger partial charge in [0.2, 0.25) is 5.91 Å². The minimum Gasteiger partial charge on any atom is -0.484 e. The lowest BCUT2D eigenvalue weighted by atomic mass is 9.93. The van der Waals surface area contributed by atoms with Gasteiger partial charge in [-0.2, -0.15) is 0 Å². The van der Waals surface area contributed by atoms with Crippen LogP contribution in [0.15, 0.2) is 48.5 Å². The maximum Gasteiger partial charge on any atom is 0.258 e. The molecule has 5 heteroatoms. The molecule has 5 nitrogen and oxygen atoms in total. The SMILES string of the molecule is CC(C)c1ccc(C(NC(=O)COc2cccc(NC(=O)C3CC3)c2)C(C)C)cc1. The average Bonchev–Trinajstić information content (AvgIpc) is 3.56.